The van der Waals surface area contributed by atoms with E-state index in [1.165, 1.54) is 0 Å². The third kappa shape index (κ3) is 1.38. The minimum Gasteiger partial charge on any atom is -0.381 e. The van der Waals surface area contributed by atoms with Crippen LogP contribution in [0.3, 0.4) is 0 Å². The molecule has 1 aromatic rings. The van der Waals surface area contributed by atoms with Gasteiger partial charge in [0, 0.05) is 13.3 Å². The zero-order valence-corrected chi connectivity index (χ0v) is 8.76. The summed E-state index contributed by atoms with van der Waals surface area (Å²) in [5.41, 5.74) is 2.96. The Labute approximate surface area is 83.5 Å². The lowest BCUT2D eigenvalue weighted by Gasteiger charge is -1.99. The third-order valence-corrected chi connectivity index (χ3v) is 3.02. The van der Waals surface area contributed by atoms with Crippen molar-refractivity contribution in [2.75, 3.05) is 7.11 Å². The highest BCUT2D eigenvalue weighted by Crippen LogP contribution is 2.36. The maximum absolute atomic E-state index is 11.9. The molecule has 1 aromatic heterocycles. The molecule has 1 N–H and O–H groups in total. The van der Waals surface area contributed by atoms with Gasteiger partial charge < -0.3 is 9.72 Å². The normalized spacial score (nSPS) is 25.1. The first-order chi connectivity index (χ1) is 6.65. The summed E-state index contributed by atoms with van der Waals surface area (Å²) in [6.45, 7) is 3.98. The molecule has 0 saturated heterocycles. The zero-order chi connectivity index (χ0) is 10.3. The maximum atomic E-state index is 11.9. The summed E-state index contributed by atoms with van der Waals surface area (Å²) < 4.78 is 5.13. The van der Waals surface area contributed by atoms with Crippen LogP contribution in [-0.4, -0.2) is 24.0 Å². The minimum atomic E-state index is 0.0803. The highest BCUT2D eigenvalue weighted by Gasteiger charge is 2.44. The first-order valence-corrected chi connectivity index (χ1v) is 4.86. The Morgan fingerprint density at radius 2 is 2.29 bits per heavy atom. The highest BCUT2D eigenvalue weighted by molar-refractivity contribution is 5.99. The molecule has 2 rings (SSSR count). The fourth-order valence-electron chi connectivity index (χ4n) is 1.74. The number of aromatic nitrogens is 1. The van der Waals surface area contributed by atoms with Gasteiger partial charge in [-0.3, -0.25) is 4.79 Å². The van der Waals surface area contributed by atoms with Gasteiger partial charge in [-0.15, -0.1) is 0 Å². The van der Waals surface area contributed by atoms with Gasteiger partial charge in [0.2, 0.25) is 0 Å². The van der Waals surface area contributed by atoms with Crippen molar-refractivity contribution in [3.63, 3.8) is 0 Å². The standard InChI is InChI=1S/C11H15NO2/c1-6-5-12-10(7(6)2)11(13)8-4-9(8)14-3/h5,8-9,12H,4H2,1-3H3. The summed E-state index contributed by atoms with van der Waals surface area (Å²) >= 11 is 0. The molecule has 14 heavy (non-hydrogen) atoms. The van der Waals surface area contributed by atoms with Crippen molar-refractivity contribution >= 4 is 5.78 Å². The lowest BCUT2D eigenvalue weighted by atomic mass is 10.1. The number of methoxy groups -OCH3 is 1. The molecule has 1 fully saturated rings. The SMILES string of the molecule is COC1CC1C(=O)c1[nH]cc(C)c1C. The third-order valence-electron chi connectivity index (χ3n) is 3.02. The predicted molar refractivity (Wildman–Crippen MR) is 53.5 cm³/mol. The van der Waals surface area contributed by atoms with Crippen LogP contribution < -0.4 is 0 Å². The van der Waals surface area contributed by atoms with Crippen LogP contribution in [0.5, 0.6) is 0 Å². The first-order valence-electron chi connectivity index (χ1n) is 4.86. The molecular weight excluding hydrogens is 178 g/mol. The summed E-state index contributed by atoms with van der Waals surface area (Å²) in [7, 11) is 1.66. The van der Waals surface area contributed by atoms with E-state index in [9.17, 15) is 4.79 Å². The molecule has 2 unspecified atom stereocenters. The quantitative estimate of drug-likeness (QED) is 0.744. The Balaban J connectivity index is 2.17. The largest absolute Gasteiger partial charge is 0.381 e. The zero-order valence-electron chi connectivity index (χ0n) is 8.76. The molecule has 0 spiro atoms. The molecule has 0 radical (unpaired) electrons. The summed E-state index contributed by atoms with van der Waals surface area (Å²) in [4.78, 5) is 14.9. The lowest BCUT2D eigenvalue weighted by Crippen LogP contribution is -2.08. The number of hydrogen-bond donors (Lipinski definition) is 1. The molecule has 1 aliphatic rings. The van der Waals surface area contributed by atoms with Crippen LogP contribution >= 0.6 is 0 Å². The number of aromatic amines is 1. The van der Waals surface area contributed by atoms with Crippen LogP contribution in [0.4, 0.5) is 0 Å². The van der Waals surface area contributed by atoms with Crippen molar-refractivity contribution in [3.8, 4) is 0 Å². The van der Waals surface area contributed by atoms with E-state index in [1.54, 1.807) is 7.11 Å². The molecule has 1 aliphatic carbocycles. The van der Waals surface area contributed by atoms with Gasteiger partial charge in [0.15, 0.2) is 5.78 Å². The van der Waals surface area contributed by atoms with Crippen molar-refractivity contribution in [2.24, 2.45) is 5.92 Å². The molecule has 0 aliphatic heterocycles. The van der Waals surface area contributed by atoms with Gasteiger partial charge in [-0.05, 0) is 31.4 Å². The van der Waals surface area contributed by atoms with Crippen molar-refractivity contribution in [1.82, 2.24) is 4.98 Å². The van der Waals surface area contributed by atoms with E-state index in [2.05, 4.69) is 4.98 Å². The van der Waals surface area contributed by atoms with E-state index in [4.69, 9.17) is 4.74 Å². The van der Waals surface area contributed by atoms with E-state index >= 15 is 0 Å². The molecule has 0 aromatic carbocycles. The summed E-state index contributed by atoms with van der Waals surface area (Å²) in [6, 6.07) is 0. The second kappa shape index (κ2) is 3.24. The fourth-order valence-corrected chi connectivity index (χ4v) is 1.74. The molecule has 76 valence electrons. The first kappa shape index (κ1) is 9.46. The Hall–Kier alpha value is -1.09. The molecule has 1 saturated carbocycles. The fraction of sp³-hybridized carbons (Fsp3) is 0.545. The molecule has 0 amide bonds. The van der Waals surface area contributed by atoms with Crippen LogP contribution in [0.1, 0.15) is 28.0 Å². The predicted octanol–water partition coefficient (Wildman–Crippen LogP) is 1.85. The number of H-pyrrole nitrogens is 1. The Bertz CT molecular complexity index is 367. The van der Waals surface area contributed by atoms with E-state index in [0.29, 0.717) is 0 Å². The topological polar surface area (TPSA) is 42.1 Å². The van der Waals surface area contributed by atoms with Gasteiger partial charge in [0.05, 0.1) is 17.7 Å². The number of nitrogens with one attached hydrogen (secondary N) is 1. The summed E-state index contributed by atoms with van der Waals surface area (Å²) in [6.07, 6.45) is 2.89. The molecule has 3 nitrogen and oxygen atoms in total. The average molecular weight is 193 g/mol. The van der Waals surface area contributed by atoms with Crippen LogP contribution in [0, 0.1) is 19.8 Å². The van der Waals surface area contributed by atoms with Crippen molar-refractivity contribution < 1.29 is 9.53 Å². The van der Waals surface area contributed by atoms with Crippen molar-refractivity contribution in [1.29, 1.82) is 0 Å². The lowest BCUT2D eigenvalue weighted by molar-refractivity contribution is 0.0913. The molecule has 2 atom stereocenters. The smallest absolute Gasteiger partial charge is 0.185 e. The van der Waals surface area contributed by atoms with E-state index in [0.717, 1.165) is 23.2 Å². The van der Waals surface area contributed by atoms with Gasteiger partial charge >= 0.3 is 0 Å². The number of hydrogen-bond acceptors (Lipinski definition) is 2. The second-order valence-corrected chi connectivity index (χ2v) is 3.95. The monoisotopic (exact) mass is 193 g/mol. The average Bonchev–Trinajstić information content (AvgIpc) is 2.89. The van der Waals surface area contributed by atoms with E-state index < -0.39 is 0 Å². The molecular formula is C11H15NO2. The minimum absolute atomic E-state index is 0.0803. The van der Waals surface area contributed by atoms with Crippen molar-refractivity contribution in [2.45, 2.75) is 26.4 Å². The number of rotatable bonds is 3. The van der Waals surface area contributed by atoms with Gasteiger partial charge in [-0.2, -0.15) is 0 Å². The van der Waals surface area contributed by atoms with Crippen LogP contribution in [0.25, 0.3) is 0 Å². The Morgan fingerprint density at radius 1 is 1.57 bits per heavy atom. The highest BCUT2D eigenvalue weighted by atomic mass is 16.5. The van der Waals surface area contributed by atoms with E-state index in [1.807, 2.05) is 20.0 Å². The molecule has 0 bridgehead atoms. The van der Waals surface area contributed by atoms with Crippen LogP contribution in [0.2, 0.25) is 0 Å². The summed E-state index contributed by atoms with van der Waals surface area (Å²) in [5.74, 6) is 0.277. The Kier molecular flexibility index (Phi) is 2.19. The number of aryl methyl sites for hydroxylation is 1. The van der Waals surface area contributed by atoms with Gasteiger partial charge in [-0.1, -0.05) is 0 Å². The molecule has 1 heterocycles. The Morgan fingerprint density at radius 3 is 2.71 bits per heavy atom. The van der Waals surface area contributed by atoms with Gasteiger partial charge in [-0.25, -0.2) is 0 Å². The number of ether oxygens (including phenoxy) is 1. The van der Waals surface area contributed by atoms with Gasteiger partial charge in [0.1, 0.15) is 0 Å². The van der Waals surface area contributed by atoms with Crippen LogP contribution in [-0.2, 0) is 4.74 Å². The number of carbonyl (C=O) groups is 1. The summed E-state index contributed by atoms with van der Waals surface area (Å²) in [5, 5.41) is 0. The number of ketones is 1. The van der Waals surface area contributed by atoms with Crippen molar-refractivity contribution in [3.05, 3.63) is 23.0 Å². The second-order valence-electron chi connectivity index (χ2n) is 3.95. The number of carbonyl (C=O) groups excluding carboxylic acids is 1. The molecule has 3 heteroatoms. The van der Waals surface area contributed by atoms with Gasteiger partial charge in [0.25, 0.3) is 0 Å². The van der Waals surface area contributed by atoms with E-state index in [-0.39, 0.29) is 17.8 Å². The van der Waals surface area contributed by atoms with Crippen LogP contribution in [0.15, 0.2) is 6.20 Å². The number of Topliss-reactive ketones (excluding diaryl/α,β-unsaturated/α-hetero) is 1. The maximum Gasteiger partial charge on any atom is 0.185 e.